The van der Waals surface area contributed by atoms with Gasteiger partial charge in [0.1, 0.15) is 0 Å². The van der Waals surface area contributed by atoms with Gasteiger partial charge in [0.2, 0.25) is 0 Å². The van der Waals surface area contributed by atoms with Crippen LogP contribution in [0.15, 0.2) is 59.6 Å². The molecule has 0 aliphatic heterocycles. The van der Waals surface area contributed by atoms with Crippen LogP contribution in [0.25, 0.3) is 0 Å². The minimum Gasteiger partial charge on any atom is -0.387 e. The van der Waals surface area contributed by atoms with E-state index in [1.165, 1.54) is 5.56 Å². The number of guanidine groups is 1. The highest BCUT2D eigenvalue weighted by atomic mass is 127. The molecule has 0 amide bonds. The van der Waals surface area contributed by atoms with Gasteiger partial charge in [-0.05, 0) is 18.1 Å². The molecular weight excluding hydrogens is 413 g/mol. The molecule has 2 aromatic rings. The van der Waals surface area contributed by atoms with E-state index < -0.39 is 6.10 Å². The third kappa shape index (κ3) is 6.49. The predicted molar refractivity (Wildman–Crippen MR) is 111 cm³/mol. The molecule has 0 heterocycles. The lowest BCUT2D eigenvalue weighted by atomic mass is 10.1. The first-order valence-corrected chi connectivity index (χ1v) is 7.80. The Morgan fingerprint density at radius 3 is 2.29 bits per heavy atom. The number of halogens is 1. The minimum absolute atomic E-state index is 0. The van der Waals surface area contributed by atoms with Crippen molar-refractivity contribution in [2.45, 2.75) is 19.6 Å². The van der Waals surface area contributed by atoms with E-state index >= 15 is 0 Å². The van der Waals surface area contributed by atoms with Crippen molar-refractivity contribution in [2.75, 3.05) is 20.6 Å². The van der Waals surface area contributed by atoms with E-state index in [-0.39, 0.29) is 24.0 Å². The van der Waals surface area contributed by atoms with E-state index in [2.05, 4.69) is 22.4 Å². The van der Waals surface area contributed by atoms with Gasteiger partial charge in [0, 0.05) is 20.6 Å². The van der Waals surface area contributed by atoms with E-state index in [0.29, 0.717) is 13.1 Å². The highest BCUT2D eigenvalue weighted by Crippen LogP contribution is 2.12. The zero-order chi connectivity index (χ0) is 16.7. The zero-order valence-electron chi connectivity index (χ0n) is 14.4. The molecular formula is C19H26IN3O. The molecule has 1 unspecified atom stereocenters. The van der Waals surface area contributed by atoms with Gasteiger partial charge in [0.15, 0.2) is 5.96 Å². The molecule has 2 N–H and O–H groups in total. The van der Waals surface area contributed by atoms with E-state index in [9.17, 15) is 5.11 Å². The van der Waals surface area contributed by atoms with Crippen molar-refractivity contribution in [3.63, 3.8) is 0 Å². The molecule has 1 atom stereocenters. The highest BCUT2D eigenvalue weighted by Gasteiger charge is 2.09. The molecule has 2 aromatic carbocycles. The van der Waals surface area contributed by atoms with Crippen molar-refractivity contribution in [1.29, 1.82) is 0 Å². The molecule has 4 nitrogen and oxygen atoms in total. The Morgan fingerprint density at radius 2 is 1.71 bits per heavy atom. The molecule has 130 valence electrons. The van der Waals surface area contributed by atoms with Crippen LogP contribution >= 0.6 is 24.0 Å². The summed E-state index contributed by atoms with van der Waals surface area (Å²) in [5.41, 5.74) is 3.25. The van der Waals surface area contributed by atoms with Gasteiger partial charge in [0.25, 0.3) is 0 Å². The van der Waals surface area contributed by atoms with Crippen molar-refractivity contribution in [3.8, 4) is 0 Å². The smallest absolute Gasteiger partial charge is 0.193 e. The molecule has 0 saturated carbocycles. The second-order valence-electron chi connectivity index (χ2n) is 5.83. The maximum Gasteiger partial charge on any atom is 0.193 e. The van der Waals surface area contributed by atoms with Crippen molar-refractivity contribution >= 4 is 29.9 Å². The summed E-state index contributed by atoms with van der Waals surface area (Å²) in [4.78, 5) is 6.52. The van der Waals surface area contributed by atoms with Crippen molar-refractivity contribution in [3.05, 3.63) is 71.3 Å². The quantitative estimate of drug-likeness (QED) is 0.427. The van der Waals surface area contributed by atoms with Crippen LogP contribution in [0.3, 0.4) is 0 Å². The summed E-state index contributed by atoms with van der Waals surface area (Å²) in [7, 11) is 3.88. The average Bonchev–Trinajstić information content (AvgIpc) is 2.56. The lowest BCUT2D eigenvalue weighted by Gasteiger charge is -2.20. The Hall–Kier alpha value is -1.60. The van der Waals surface area contributed by atoms with E-state index in [1.807, 2.05) is 68.4 Å². The van der Waals surface area contributed by atoms with Crippen LogP contribution in [0, 0.1) is 6.92 Å². The number of nitrogens with one attached hydrogen (secondary N) is 1. The van der Waals surface area contributed by atoms with Crippen LogP contribution in [0.2, 0.25) is 0 Å². The number of aliphatic hydroxyl groups excluding tert-OH is 1. The molecule has 0 bridgehead atoms. The zero-order valence-corrected chi connectivity index (χ0v) is 16.8. The fourth-order valence-corrected chi connectivity index (χ4v) is 2.20. The van der Waals surface area contributed by atoms with Crippen molar-refractivity contribution in [2.24, 2.45) is 4.99 Å². The molecule has 0 aliphatic rings. The number of hydrogen-bond acceptors (Lipinski definition) is 2. The van der Waals surface area contributed by atoms with E-state index in [0.717, 1.165) is 17.1 Å². The number of nitrogens with zero attached hydrogens (tertiary/aromatic N) is 2. The first kappa shape index (κ1) is 20.4. The molecule has 24 heavy (non-hydrogen) atoms. The lowest BCUT2D eigenvalue weighted by molar-refractivity contribution is 0.180. The Bertz CT molecular complexity index is 627. The molecule has 0 radical (unpaired) electrons. The molecule has 2 rings (SSSR count). The Kier molecular flexibility index (Phi) is 8.78. The van der Waals surface area contributed by atoms with Crippen molar-refractivity contribution in [1.82, 2.24) is 10.2 Å². The lowest BCUT2D eigenvalue weighted by Crippen LogP contribution is -2.38. The van der Waals surface area contributed by atoms with E-state index in [1.54, 1.807) is 0 Å². The maximum absolute atomic E-state index is 10.3. The summed E-state index contributed by atoms with van der Waals surface area (Å²) in [6.45, 7) is 3.08. The number of aliphatic imine (C=N–C) groups is 1. The molecule has 5 heteroatoms. The predicted octanol–water partition coefficient (Wildman–Crippen LogP) is 3.35. The molecule has 0 spiro atoms. The Labute approximate surface area is 161 Å². The van der Waals surface area contributed by atoms with Crippen molar-refractivity contribution < 1.29 is 5.11 Å². The van der Waals surface area contributed by atoms with Crippen LogP contribution < -0.4 is 5.32 Å². The third-order valence-corrected chi connectivity index (χ3v) is 3.59. The van der Waals surface area contributed by atoms with Crippen LogP contribution in [0.1, 0.15) is 22.8 Å². The highest BCUT2D eigenvalue weighted by molar-refractivity contribution is 14.0. The summed E-state index contributed by atoms with van der Waals surface area (Å²) < 4.78 is 0. The van der Waals surface area contributed by atoms with Crippen LogP contribution in [-0.2, 0) is 6.54 Å². The van der Waals surface area contributed by atoms with Gasteiger partial charge in [-0.25, -0.2) is 4.99 Å². The van der Waals surface area contributed by atoms with Crippen LogP contribution in [-0.4, -0.2) is 36.6 Å². The van der Waals surface area contributed by atoms with Gasteiger partial charge in [-0.3, -0.25) is 0 Å². The molecule has 0 fully saturated rings. The first-order valence-electron chi connectivity index (χ1n) is 7.80. The average molecular weight is 439 g/mol. The van der Waals surface area contributed by atoms with Gasteiger partial charge in [0.05, 0.1) is 12.6 Å². The summed E-state index contributed by atoms with van der Waals surface area (Å²) in [6, 6.07) is 18.1. The Balaban J connectivity index is 0.00000288. The largest absolute Gasteiger partial charge is 0.387 e. The minimum atomic E-state index is -0.558. The van der Waals surface area contributed by atoms with Gasteiger partial charge < -0.3 is 15.3 Å². The monoisotopic (exact) mass is 439 g/mol. The fourth-order valence-electron chi connectivity index (χ4n) is 2.20. The topological polar surface area (TPSA) is 47.9 Å². The standard InChI is InChI=1S/C19H25N3O.HI/c1-15-9-11-17(12-10-15)18(23)14-21-19(22(2)3)20-13-16-7-5-4-6-8-16;/h4-12,18,23H,13-14H2,1-3H3,(H,20,21);1H. The van der Waals surface area contributed by atoms with Gasteiger partial charge in [-0.2, -0.15) is 0 Å². The van der Waals surface area contributed by atoms with Gasteiger partial charge >= 0.3 is 0 Å². The fraction of sp³-hybridized carbons (Fsp3) is 0.316. The third-order valence-electron chi connectivity index (χ3n) is 3.59. The van der Waals surface area contributed by atoms with Crippen LogP contribution in [0.5, 0.6) is 0 Å². The first-order chi connectivity index (χ1) is 11.1. The molecule has 0 aliphatic carbocycles. The number of rotatable bonds is 5. The summed E-state index contributed by atoms with van der Waals surface area (Å²) in [5.74, 6) is 0.764. The number of benzene rings is 2. The van der Waals surface area contributed by atoms with Crippen LogP contribution in [0.4, 0.5) is 0 Å². The molecule has 0 saturated heterocycles. The SMILES string of the molecule is Cc1ccc(C(O)CNC(=NCc2ccccc2)N(C)C)cc1.I. The second kappa shape index (κ2) is 10.3. The summed E-state index contributed by atoms with van der Waals surface area (Å²) >= 11 is 0. The number of hydrogen-bond donors (Lipinski definition) is 2. The summed E-state index contributed by atoms with van der Waals surface area (Å²) in [5, 5.41) is 13.5. The molecule has 0 aromatic heterocycles. The normalized spacial score (nSPS) is 12.2. The van der Waals surface area contributed by atoms with Gasteiger partial charge in [-0.1, -0.05) is 60.2 Å². The Morgan fingerprint density at radius 1 is 1.08 bits per heavy atom. The summed E-state index contributed by atoms with van der Waals surface area (Å²) in [6.07, 6.45) is -0.558. The number of aliphatic hydroxyl groups is 1. The van der Waals surface area contributed by atoms with E-state index in [4.69, 9.17) is 0 Å². The maximum atomic E-state index is 10.3. The number of aryl methyl sites for hydroxylation is 1. The van der Waals surface area contributed by atoms with Gasteiger partial charge in [-0.15, -0.1) is 24.0 Å². The second-order valence-corrected chi connectivity index (χ2v) is 5.83.